The Hall–Kier alpha value is -0.900. The van der Waals surface area contributed by atoms with Crippen LogP contribution in [-0.2, 0) is 0 Å². The van der Waals surface area contributed by atoms with Crippen LogP contribution in [0.4, 0.5) is 0 Å². The summed E-state index contributed by atoms with van der Waals surface area (Å²) >= 11 is 0. The lowest BCUT2D eigenvalue weighted by atomic mass is 9.60. The van der Waals surface area contributed by atoms with E-state index in [0.717, 1.165) is 36.3 Å². The first kappa shape index (κ1) is 24.7. The van der Waals surface area contributed by atoms with Gasteiger partial charge in [-0.2, -0.15) is 0 Å². The maximum Gasteiger partial charge on any atom is 0.0837 e. The van der Waals surface area contributed by atoms with Crippen molar-refractivity contribution in [2.24, 2.45) is 29.1 Å². The van der Waals surface area contributed by atoms with Gasteiger partial charge in [-0.1, -0.05) is 57.9 Å². The van der Waals surface area contributed by atoms with E-state index in [9.17, 15) is 15.3 Å². The molecule has 0 aromatic heterocycles. The highest BCUT2D eigenvalue weighted by Crippen LogP contribution is 2.60. The molecule has 0 aromatic rings. The van der Waals surface area contributed by atoms with E-state index < -0.39 is 17.8 Å². The molecule has 0 saturated heterocycles. The zero-order valence-electron chi connectivity index (χ0n) is 20.5. The zero-order chi connectivity index (χ0) is 23.0. The molecule has 7 atom stereocenters. The molecule has 0 heterocycles. The average molecular weight is 431 g/mol. The Balaban J connectivity index is 1.71. The molecule has 31 heavy (non-hydrogen) atoms. The van der Waals surface area contributed by atoms with Gasteiger partial charge in [-0.05, 0) is 93.1 Å². The number of allylic oxidation sites excluding steroid dienone is 3. The van der Waals surface area contributed by atoms with E-state index >= 15 is 0 Å². The normalized spacial score (nSPS) is 40.4. The maximum absolute atomic E-state index is 10.4. The highest BCUT2D eigenvalue weighted by atomic mass is 16.3. The number of hydrogen-bond acceptors (Lipinski definition) is 3. The van der Waals surface area contributed by atoms with Gasteiger partial charge in [0.15, 0.2) is 0 Å². The number of aliphatic hydroxyl groups excluding tert-OH is 2. The van der Waals surface area contributed by atoms with E-state index in [1.54, 1.807) is 5.57 Å². The van der Waals surface area contributed by atoms with Gasteiger partial charge in [0.05, 0.1) is 17.8 Å². The summed E-state index contributed by atoms with van der Waals surface area (Å²) in [6, 6.07) is 0. The summed E-state index contributed by atoms with van der Waals surface area (Å²) in [5.41, 5.74) is 3.15. The minimum absolute atomic E-state index is 0.149. The first-order valence-electron chi connectivity index (χ1n) is 12.6. The summed E-state index contributed by atoms with van der Waals surface area (Å²) in [4.78, 5) is 0. The van der Waals surface area contributed by atoms with Gasteiger partial charge in [0.25, 0.3) is 0 Å². The first-order valence-corrected chi connectivity index (χ1v) is 12.6. The summed E-state index contributed by atoms with van der Waals surface area (Å²) in [5, 5.41) is 30.7. The van der Waals surface area contributed by atoms with Crippen LogP contribution in [0.2, 0.25) is 0 Å². The molecule has 0 bridgehead atoms. The predicted molar refractivity (Wildman–Crippen MR) is 129 cm³/mol. The Morgan fingerprint density at radius 1 is 1.23 bits per heavy atom. The van der Waals surface area contributed by atoms with E-state index in [-0.39, 0.29) is 5.92 Å². The van der Waals surface area contributed by atoms with E-state index in [4.69, 9.17) is 0 Å². The smallest absolute Gasteiger partial charge is 0.0837 e. The van der Waals surface area contributed by atoms with Crippen molar-refractivity contribution in [1.29, 1.82) is 0 Å². The monoisotopic (exact) mass is 430 g/mol. The fraction of sp³-hybridized carbons (Fsp3) is 0.786. The van der Waals surface area contributed by atoms with Crippen LogP contribution in [0.15, 0.2) is 35.5 Å². The molecule has 0 aromatic carbocycles. The third-order valence-electron chi connectivity index (χ3n) is 8.97. The van der Waals surface area contributed by atoms with Crippen molar-refractivity contribution in [3.05, 3.63) is 35.5 Å². The van der Waals surface area contributed by atoms with Crippen molar-refractivity contribution in [3.63, 3.8) is 0 Å². The lowest BCUT2D eigenvalue weighted by Crippen LogP contribution is -2.36. The Morgan fingerprint density at radius 2 is 1.94 bits per heavy atom. The Labute approximate surface area is 190 Å². The number of hydrogen-bond donors (Lipinski definition) is 3. The average Bonchev–Trinajstić information content (AvgIpc) is 3.04. The van der Waals surface area contributed by atoms with Crippen molar-refractivity contribution in [2.75, 3.05) is 0 Å². The van der Waals surface area contributed by atoms with E-state index in [1.807, 2.05) is 20.8 Å². The predicted octanol–water partition coefficient (Wildman–Crippen LogP) is 5.95. The minimum Gasteiger partial charge on any atom is -0.392 e. The molecule has 3 rings (SSSR count). The number of aliphatic hydroxyl groups is 3. The topological polar surface area (TPSA) is 60.7 Å². The SMILES string of the molecule is C=C1C(=CC=C2CCCC3(C)C2CCC3[C@@H](C)CCCC(C)(C)O)C[C@H](O)[C@@H](C)[C@H]1O. The Kier molecular flexibility index (Phi) is 7.61. The molecule has 3 N–H and O–H groups in total. The highest BCUT2D eigenvalue weighted by molar-refractivity contribution is 5.39. The van der Waals surface area contributed by atoms with Crippen molar-refractivity contribution in [3.8, 4) is 0 Å². The highest BCUT2D eigenvalue weighted by Gasteiger charge is 2.50. The zero-order valence-corrected chi connectivity index (χ0v) is 20.5. The summed E-state index contributed by atoms with van der Waals surface area (Å²) < 4.78 is 0. The van der Waals surface area contributed by atoms with Crippen LogP contribution >= 0.6 is 0 Å². The summed E-state index contributed by atoms with van der Waals surface area (Å²) in [6.45, 7) is 14.8. The Morgan fingerprint density at radius 3 is 2.61 bits per heavy atom. The standard InChI is InChI=1S/C28H46O3/c1-18(9-7-15-27(4,5)31)23-13-14-24-21(10-8-16-28(23,24)6)11-12-22-17-25(29)20(3)26(30)19(22)2/h11-12,18,20,23-26,29-31H,2,7-10,13-17H2,1,3-6H3/t18-,20+,23?,24?,25-,26-,28?/m0/s1. The molecule has 0 amide bonds. The lowest BCUT2D eigenvalue weighted by molar-refractivity contribution is 0.0283. The lowest BCUT2D eigenvalue weighted by Gasteiger charge is -2.44. The Bertz CT molecular complexity index is 712. The van der Waals surface area contributed by atoms with Crippen LogP contribution in [-0.4, -0.2) is 33.1 Å². The fourth-order valence-corrected chi connectivity index (χ4v) is 6.91. The molecule has 3 aliphatic rings. The second-order valence-electron chi connectivity index (χ2n) is 11.8. The van der Waals surface area contributed by atoms with Crippen LogP contribution in [0.5, 0.6) is 0 Å². The van der Waals surface area contributed by atoms with Gasteiger partial charge in [0.2, 0.25) is 0 Å². The van der Waals surface area contributed by atoms with Gasteiger partial charge in [0.1, 0.15) is 0 Å². The molecular weight excluding hydrogens is 384 g/mol. The second kappa shape index (κ2) is 9.53. The molecule has 3 nitrogen and oxygen atoms in total. The van der Waals surface area contributed by atoms with Crippen molar-refractivity contribution in [2.45, 2.75) is 110 Å². The van der Waals surface area contributed by atoms with Crippen LogP contribution < -0.4 is 0 Å². The van der Waals surface area contributed by atoms with Crippen molar-refractivity contribution < 1.29 is 15.3 Å². The molecule has 3 aliphatic carbocycles. The summed E-state index contributed by atoms with van der Waals surface area (Å²) in [7, 11) is 0. The molecule has 3 heteroatoms. The van der Waals surface area contributed by atoms with Gasteiger partial charge in [-0.3, -0.25) is 0 Å². The quantitative estimate of drug-likeness (QED) is 0.488. The minimum atomic E-state index is -0.648. The van der Waals surface area contributed by atoms with Crippen LogP contribution in [0.3, 0.4) is 0 Å². The van der Waals surface area contributed by atoms with Gasteiger partial charge >= 0.3 is 0 Å². The largest absolute Gasteiger partial charge is 0.392 e. The fourth-order valence-electron chi connectivity index (χ4n) is 6.91. The third-order valence-corrected chi connectivity index (χ3v) is 8.97. The molecular formula is C28H46O3. The van der Waals surface area contributed by atoms with E-state index in [2.05, 4.69) is 32.6 Å². The third kappa shape index (κ3) is 5.37. The number of rotatable bonds is 6. The molecule has 0 spiro atoms. The van der Waals surface area contributed by atoms with Gasteiger partial charge < -0.3 is 15.3 Å². The van der Waals surface area contributed by atoms with Gasteiger partial charge in [-0.25, -0.2) is 0 Å². The molecule has 0 radical (unpaired) electrons. The second-order valence-corrected chi connectivity index (χ2v) is 11.8. The molecule has 0 aliphatic heterocycles. The molecule has 3 fully saturated rings. The van der Waals surface area contributed by atoms with E-state index in [1.165, 1.54) is 32.1 Å². The van der Waals surface area contributed by atoms with Gasteiger partial charge in [0, 0.05) is 5.92 Å². The van der Waals surface area contributed by atoms with Crippen molar-refractivity contribution in [1.82, 2.24) is 0 Å². The molecule has 3 unspecified atom stereocenters. The first-order chi connectivity index (χ1) is 14.4. The van der Waals surface area contributed by atoms with E-state index in [0.29, 0.717) is 23.7 Å². The maximum atomic E-state index is 10.4. The molecule has 176 valence electrons. The van der Waals surface area contributed by atoms with Crippen LogP contribution in [0.25, 0.3) is 0 Å². The van der Waals surface area contributed by atoms with Crippen LogP contribution in [0.1, 0.15) is 92.4 Å². The summed E-state index contributed by atoms with van der Waals surface area (Å²) in [6.07, 6.45) is 13.4. The van der Waals surface area contributed by atoms with Gasteiger partial charge in [-0.15, -0.1) is 0 Å². The number of fused-ring (bicyclic) bond motifs is 1. The summed E-state index contributed by atoms with van der Waals surface area (Å²) in [5.74, 6) is 1.94. The molecule has 3 saturated carbocycles. The van der Waals surface area contributed by atoms with Crippen LogP contribution in [0, 0.1) is 29.1 Å². The van der Waals surface area contributed by atoms with Crippen molar-refractivity contribution >= 4 is 0 Å².